The van der Waals surface area contributed by atoms with Gasteiger partial charge in [-0.2, -0.15) is 0 Å². The zero-order valence-electron chi connectivity index (χ0n) is 10.2. The van der Waals surface area contributed by atoms with E-state index in [0.717, 1.165) is 12.8 Å². The zero-order valence-corrected chi connectivity index (χ0v) is 10.2. The number of carbonyl (C=O) groups excluding carboxylic acids is 1. The molecule has 0 aliphatic heterocycles. The minimum Gasteiger partial charge on any atom is -0.494 e. The van der Waals surface area contributed by atoms with Gasteiger partial charge in [0.1, 0.15) is 5.75 Å². The lowest BCUT2D eigenvalue weighted by Gasteiger charge is -2.08. The second-order valence-corrected chi connectivity index (χ2v) is 3.49. The first-order valence-corrected chi connectivity index (χ1v) is 5.56. The Kier molecular flexibility index (Phi) is 6.07. The van der Waals surface area contributed by atoms with Gasteiger partial charge in [0, 0.05) is 24.2 Å². The van der Waals surface area contributed by atoms with Crippen molar-refractivity contribution in [1.82, 2.24) is 10.3 Å². The van der Waals surface area contributed by atoms with Crippen LogP contribution in [0.5, 0.6) is 5.75 Å². The number of nitrogens with one attached hydrogen (secondary N) is 1. The number of azide groups is 1. The first-order valence-electron chi connectivity index (χ1n) is 5.56. The zero-order chi connectivity index (χ0) is 13.2. The highest BCUT2D eigenvalue weighted by Crippen LogP contribution is 2.14. The fraction of sp³-hybridized carbons (Fsp3) is 0.455. The van der Waals surface area contributed by atoms with Crippen molar-refractivity contribution in [2.75, 3.05) is 20.2 Å². The third kappa shape index (κ3) is 4.31. The van der Waals surface area contributed by atoms with Crippen LogP contribution in [0.4, 0.5) is 0 Å². The Bertz CT molecular complexity index is 443. The van der Waals surface area contributed by atoms with Crippen molar-refractivity contribution in [2.24, 2.45) is 5.11 Å². The summed E-state index contributed by atoms with van der Waals surface area (Å²) < 4.78 is 5.05. The molecule has 0 aliphatic carbocycles. The van der Waals surface area contributed by atoms with E-state index < -0.39 is 0 Å². The molecule has 0 aromatic carbocycles. The molecule has 0 aliphatic rings. The number of hydrogen-bond acceptors (Lipinski definition) is 4. The molecule has 1 aromatic rings. The lowest BCUT2D eigenvalue weighted by Crippen LogP contribution is -2.25. The number of hydrogen-bond donors (Lipinski definition) is 1. The van der Waals surface area contributed by atoms with E-state index in [1.807, 2.05) is 0 Å². The summed E-state index contributed by atoms with van der Waals surface area (Å²) in [5.41, 5.74) is 8.55. The summed E-state index contributed by atoms with van der Waals surface area (Å²) in [4.78, 5) is 18.3. The molecule has 0 radical (unpaired) electrons. The SMILES string of the molecule is COc1cnccc1C(=O)NCCCCN=[N+]=[N-]. The summed E-state index contributed by atoms with van der Waals surface area (Å²) >= 11 is 0. The molecule has 18 heavy (non-hydrogen) atoms. The largest absolute Gasteiger partial charge is 0.494 e. The standard InChI is InChI=1S/C11H15N5O2/c1-18-10-8-13-7-4-9(10)11(17)14-5-2-3-6-15-16-12/h4,7-8H,2-3,5-6H2,1H3,(H,14,17). The highest BCUT2D eigenvalue weighted by Gasteiger charge is 2.10. The number of amides is 1. The summed E-state index contributed by atoms with van der Waals surface area (Å²) in [6.45, 7) is 0.982. The van der Waals surface area contributed by atoms with Crippen molar-refractivity contribution in [3.05, 3.63) is 34.5 Å². The quantitative estimate of drug-likeness (QED) is 0.345. The first kappa shape index (κ1) is 13.8. The van der Waals surface area contributed by atoms with E-state index in [2.05, 4.69) is 20.3 Å². The molecule has 0 saturated heterocycles. The van der Waals surface area contributed by atoms with Gasteiger partial charge in [0.2, 0.25) is 0 Å². The smallest absolute Gasteiger partial charge is 0.255 e. The minimum atomic E-state index is -0.196. The lowest BCUT2D eigenvalue weighted by atomic mass is 10.2. The Labute approximate surface area is 105 Å². The van der Waals surface area contributed by atoms with Crippen LogP contribution in [-0.4, -0.2) is 31.1 Å². The fourth-order valence-corrected chi connectivity index (χ4v) is 1.38. The molecule has 96 valence electrons. The number of rotatable bonds is 7. The molecule has 7 heteroatoms. The van der Waals surface area contributed by atoms with Gasteiger partial charge in [0.15, 0.2) is 0 Å². The van der Waals surface area contributed by atoms with Crippen LogP contribution in [0.25, 0.3) is 10.4 Å². The van der Waals surface area contributed by atoms with E-state index >= 15 is 0 Å². The third-order valence-electron chi connectivity index (χ3n) is 2.28. The second-order valence-electron chi connectivity index (χ2n) is 3.49. The van der Waals surface area contributed by atoms with Gasteiger partial charge >= 0.3 is 0 Å². The number of methoxy groups -OCH3 is 1. The topological polar surface area (TPSA) is 100.0 Å². The summed E-state index contributed by atoms with van der Waals surface area (Å²) in [5, 5.41) is 6.18. The first-order chi connectivity index (χ1) is 8.79. The van der Waals surface area contributed by atoms with Crippen molar-refractivity contribution in [3.63, 3.8) is 0 Å². The molecule has 0 spiro atoms. The monoisotopic (exact) mass is 249 g/mol. The number of ether oxygens (including phenoxy) is 1. The third-order valence-corrected chi connectivity index (χ3v) is 2.28. The van der Waals surface area contributed by atoms with Gasteiger partial charge in [-0.3, -0.25) is 9.78 Å². The summed E-state index contributed by atoms with van der Waals surface area (Å²) in [6, 6.07) is 1.61. The fourth-order valence-electron chi connectivity index (χ4n) is 1.38. The number of unbranched alkanes of at least 4 members (excludes halogenated alkanes) is 1. The Morgan fingerprint density at radius 2 is 2.44 bits per heavy atom. The van der Waals surface area contributed by atoms with Crippen LogP contribution >= 0.6 is 0 Å². The average molecular weight is 249 g/mol. The molecule has 1 amide bonds. The van der Waals surface area contributed by atoms with E-state index in [9.17, 15) is 4.79 Å². The van der Waals surface area contributed by atoms with Gasteiger partial charge < -0.3 is 10.1 Å². The average Bonchev–Trinajstić information content (AvgIpc) is 2.42. The highest BCUT2D eigenvalue weighted by atomic mass is 16.5. The molecular weight excluding hydrogens is 234 g/mol. The molecule has 1 aromatic heterocycles. The van der Waals surface area contributed by atoms with Crippen molar-refractivity contribution in [2.45, 2.75) is 12.8 Å². The maximum atomic E-state index is 11.8. The van der Waals surface area contributed by atoms with Gasteiger partial charge in [-0.1, -0.05) is 5.11 Å². The van der Waals surface area contributed by atoms with Gasteiger partial charge in [-0.15, -0.1) is 0 Å². The van der Waals surface area contributed by atoms with Crippen LogP contribution in [0.15, 0.2) is 23.6 Å². The summed E-state index contributed by atoms with van der Waals surface area (Å²) in [7, 11) is 1.49. The Morgan fingerprint density at radius 3 is 3.17 bits per heavy atom. The summed E-state index contributed by atoms with van der Waals surface area (Å²) in [6.07, 6.45) is 4.55. The molecule has 7 nitrogen and oxygen atoms in total. The molecule has 1 heterocycles. The molecular formula is C11H15N5O2. The second kappa shape index (κ2) is 7.92. The normalized spacial score (nSPS) is 9.39. The Balaban J connectivity index is 2.38. The van der Waals surface area contributed by atoms with Crippen LogP contribution < -0.4 is 10.1 Å². The highest BCUT2D eigenvalue weighted by molar-refractivity contribution is 5.96. The van der Waals surface area contributed by atoms with Gasteiger partial charge in [-0.05, 0) is 24.4 Å². The summed E-state index contributed by atoms with van der Waals surface area (Å²) in [5.74, 6) is 0.252. The predicted octanol–water partition coefficient (Wildman–Crippen LogP) is 1.91. The number of aromatic nitrogens is 1. The maximum absolute atomic E-state index is 11.8. The van der Waals surface area contributed by atoms with Crippen LogP contribution in [-0.2, 0) is 0 Å². The van der Waals surface area contributed by atoms with Gasteiger partial charge in [-0.25, -0.2) is 0 Å². The van der Waals surface area contributed by atoms with E-state index in [1.54, 1.807) is 12.3 Å². The van der Waals surface area contributed by atoms with E-state index in [-0.39, 0.29) is 5.91 Å². The Hall–Kier alpha value is -2.27. The lowest BCUT2D eigenvalue weighted by molar-refractivity contribution is 0.0950. The molecule has 1 rings (SSSR count). The van der Waals surface area contributed by atoms with Crippen molar-refractivity contribution in [3.8, 4) is 5.75 Å². The minimum absolute atomic E-state index is 0.196. The molecule has 0 fully saturated rings. The van der Waals surface area contributed by atoms with Gasteiger partial charge in [0.25, 0.3) is 5.91 Å². The van der Waals surface area contributed by atoms with E-state index in [4.69, 9.17) is 10.3 Å². The van der Waals surface area contributed by atoms with E-state index in [1.165, 1.54) is 13.3 Å². The number of nitrogens with zero attached hydrogens (tertiary/aromatic N) is 4. The van der Waals surface area contributed by atoms with Crippen LogP contribution in [0.2, 0.25) is 0 Å². The molecule has 0 unspecified atom stereocenters. The number of pyridine rings is 1. The predicted molar refractivity (Wildman–Crippen MR) is 66.4 cm³/mol. The maximum Gasteiger partial charge on any atom is 0.255 e. The Morgan fingerprint density at radius 1 is 1.61 bits per heavy atom. The van der Waals surface area contributed by atoms with Crippen molar-refractivity contribution >= 4 is 5.91 Å². The molecule has 0 bridgehead atoms. The molecule has 0 atom stereocenters. The van der Waals surface area contributed by atoms with E-state index in [0.29, 0.717) is 24.4 Å². The number of carbonyl (C=O) groups is 1. The van der Waals surface area contributed by atoms with Gasteiger partial charge in [0.05, 0.1) is 18.9 Å². The molecule has 0 saturated carbocycles. The molecule has 1 N–H and O–H groups in total. The van der Waals surface area contributed by atoms with Crippen molar-refractivity contribution < 1.29 is 9.53 Å². The van der Waals surface area contributed by atoms with Crippen molar-refractivity contribution in [1.29, 1.82) is 0 Å². The van der Waals surface area contributed by atoms with Crippen LogP contribution in [0.3, 0.4) is 0 Å². The van der Waals surface area contributed by atoms with Crippen LogP contribution in [0, 0.1) is 0 Å². The van der Waals surface area contributed by atoms with Crippen LogP contribution in [0.1, 0.15) is 23.2 Å².